The van der Waals surface area contributed by atoms with E-state index in [0.29, 0.717) is 29.2 Å². The number of aryl methyl sites for hydroxylation is 2. The number of carbonyl (C=O) groups is 2. The molecule has 0 radical (unpaired) electrons. The van der Waals surface area contributed by atoms with Crippen LogP contribution < -0.4 is 10.2 Å². The fourth-order valence-corrected chi connectivity index (χ4v) is 3.23. The van der Waals surface area contributed by atoms with Crippen LogP contribution in [0.4, 0.5) is 11.4 Å². The van der Waals surface area contributed by atoms with Gasteiger partial charge in [0.05, 0.1) is 10.7 Å². The zero-order valence-corrected chi connectivity index (χ0v) is 14.5. The molecule has 0 bridgehead atoms. The average Bonchev–Trinajstić information content (AvgIpc) is 2.92. The van der Waals surface area contributed by atoms with Crippen molar-refractivity contribution < 1.29 is 9.59 Å². The van der Waals surface area contributed by atoms with Gasteiger partial charge in [0.15, 0.2) is 0 Å². The number of rotatable bonds is 3. The molecule has 0 aliphatic carbocycles. The van der Waals surface area contributed by atoms with Crippen molar-refractivity contribution in [1.82, 2.24) is 0 Å². The molecule has 0 saturated carbocycles. The average molecular weight is 343 g/mol. The van der Waals surface area contributed by atoms with E-state index >= 15 is 0 Å². The maximum Gasteiger partial charge on any atom is 0.255 e. The SMILES string of the molecule is Cc1cc(C)cc(NC(=O)c2ccc(Cl)c(N3CCCC3=O)c2)c1. The molecule has 1 aliphatic rings. The summed E-state index contributed by atoms with van der Waals surface area (Å²) in [7, 11) is 0. The molecule has 1 saturated heterocycles. The Morgan fingerprint density at radius 1 is 1.12 bits per heavy atom. The summed E-state index contributed by atoms with van der Waals surface area (Å²) in [6.07, 6.45) is 1.34. The van der Waals surface area contributed by atoms with E-state index in [9.17, 15) is 9.59 Å². The summed E-state index contributed by atoms with van der Waals surface area (Å²) in [4.78, 5) is 26.1. The van der Waals surface area contributed by atoms with Gasteiger partial charge in [-0.25, -0.2) is 0 Å². The van der Waals surface area contributed by atoms with E-state index < -0.39 is 0 Å². The Morgan fingerprint density at radius 2 is 1.83 bits per heavy atom. The van der Waals surface area contributed by atoms with Gasteiger partial charge in [-0.15, -0.1) is 0 Å². The standard InChI is InChI=1S/C19H19ClN2O2/c1-12-8-13(2)10-15(9-12)21-19(24)14-5-6-16(20)17(11-14)22-7-3-4-18(22)23/h5-6,8-11H,3-4,7H2,1-2H3,(H,21,24). The summed E-state index contributed by atoms with van der Waals surface area (Å²) in [5, 5.41) is 3.38. The topological polar surface area (TPSA) is 49.4 Å². The predicted octanol–water partition coefficient (Wildman–Crippen LogP) is 4.34. The zero-order chi connectivity index (χ0) is 17.3. The number of halogens is 1. The molecule has 2 amide bonds. The molecule has 1 heterocycles. The van der Waals surface area contributed by atoms with Gasteiger partial charge in [0.2, 0.25) is 5.91 Å². The van der Waals surface area contributed by atoms with Crippen molar-refractivity contribution in [2.45, 2.75) is 26.7 Å². The van der Waals surface area contributed by atoms with Crippen LogP contribution >= 0.6 is 11.6 Å². The van der Waals surface area contributed by atoms with E-state index in [1.165, 1.54) is 0 Å². The Bertz CT molecular complexity index is 797. The first kappa shape index (κ1) is 16.5. The highest BCUT2D eigenvalue weighted by Gasteiger charge is 2.24. The smallest absolute Gasteiger partial charge is 0.255 e. The maximum absolute atomic E-state index is 12.5. The van der Waals surface area contributed by atoms with Crippen LogP contribution in [0.2, 0.25) is 5.02 Å². The minimum Gasteiger partial charge on any atom is -0.322 e. The Balaban J connectivity index is 1.86. The van der Waals surface area contributed by atoms with Crippen molar-refractivity contribution in [1.29, 1.82) is 0 Å². The van der Waals surface area contributed by atoms with Gasteiger partial charge in [-0.3, -0.25) is 9.59 Å². The van der Waals surface area contributed by atoms with Gasteiger partial charge < -0.3 is 10.2 Å². The van der Waals surface area contributed by atoms with Crippen LogP contribution in [0.3, 0.4) is 0 Å². The minimum absolute atomic E-state index is 0.0452. The Labute approximate surface area is 146 Å². The van der Waals surface area contributed by atoms with Crippen molar-refractivity contribution in [2.24, 2.45) is 0 Å². The minimum atomic E-state index is -0.218. The second-order valence-corrected chi connectivity index (χ2v) is 6.55. The molecule has 2 aromatic carbocycles. The van der Waals surface area contributed by atoms with Crippen LogP contribution in [0.15, 0.2) is 36.4 Å². The monoisotopic (exact) mass is 342 g/mol. The predicted molar refractivity (Wildman–Crippen MR) is 96.9 cm³/mol. The lowest BCUT2D eigenvalue weighted by Crippen LogP contribution is -2.24. The first-order valence-corrected chi connectivity index (χ1v) is 8.31. The lowest BCUT2D eigenvalue weighted by atomic mass is 10.1. The molecule has 24 heavy (non-hydrogen) atoms. The van der Waals surface area contributed by atoms with Crippen LogP contribution in [0, 0.1) is 13.8 Å². The molecule has 4 nitrogen and oxygen atoms in total. The molecule has 124 valence electrons. The third-order valence-electron chi connectivity index (χ3n) is 4.05. The summed E-state index contributed by atoms with van der Waals surface area (Å²) >= 11 is 6.22. The third-order valence-corrected chi connectivity index (χ3v) is 4.37. The molecule has 0 unspecified atom stereocenters. The molecule has 2 aromatic rings. The number of nitrogens with zero attached hydrogens (tertiary/aromatic N) is 1. The number of hydrogen-bond donors (Lipinski definition) is 1. The Morgan fingerprint density at radius 3 is 2.46 bits per heavy atom. The van der Waals surface area contributed by atoms with Crippen molar-refractivity contribution in [3.63, 3.8) is 0 Å². The molecule has 0 aromatic heterocycles. The summed E-state index contributed by atoms with van der Waals surface area (Å²) < 4.78 is 0. The van der Waals surface area contributed by atoms with E-state index in [4.69, 9.17) is 11.6 Å². The van der Waals surface area contributed by atoms with E-state index in [1.807, 2.05) is 26.0 Å². The third kappa shape index (κ3) is 3.44. The lowest BCUT2D eigenvalue weighted by molar-refractivity contribution is -0.117. The Hall–Kier alpha value is -2.33. The van der Waals surface area contributed by atoms with Crippen molar-refractivity contribution in [2.75, 3.05) is 16.8 Å². The van der Waals surface area contributed by atoms with Crippen molar-refractivity contribution in [3.05, 3.63) is 58.1 Å². The fourth-order valence-electron chi connectivity index (χ4n) is 3.01. The lowest BCUT2D eigenvalue weighted by Gasteiger charge is -2.18. The number of anilines is 2. The largest absolute Gasteiger partial charge is 0.322 e. The number of amides is 2. The molecule has 1 N–H and O–H groups in total. The van der Waals surface area contributed by atoms with Gasteiger partial charge in [-0.2, -0.15) is 0 Å². The number of nitrogens with one attached hydrogen (secondary N) is 1. The number of hydrogen-bond acceptors (Lipinski definition) is 2. The Kier molecular flexibility index (Phi) is 4.58. The second kappa shape index (κ2) is 6.65. The summed E-state index contributed by atoms with van der Waals surface area (Å²) in [6, 6.07) is 10.9. The van der Waals surface area contributed by atoms with Crippen LogP contribution in [0.1, 0.15) is 34.3 Å². The van der Waals surface area contributed by atoms with Gasteiger partial charge in [0.25, 0.3) is 5.91 Å². The molecular formula is C19H19ClN2O2. The van der Waals surface area contributed by atoms with Crippen LogP contribution in [-0.2, 0) is 4.79 Å². The molecule has 0 spiro atoms. The van der Waals surface area contributed by atoms with Crippen LogP contribution in [-0.4, -0.2) is 18.4 Å². The van der Waals surface area contributed by atoms with Crippen LogP contribution in [0.5, 0.6) is 0 Å². The molecule has 0 atom stereocenters. The van der Waals surface area contributed by atoms with Gasteiger partial charge in [-0.05, 0) is 61.7 Å². The highest BCUT2D eigenvalue weighted by molar-refractivity contribution is 6.34. The summed E-state index contributed by atoms with van der Waals surface area (Å²) in [6.45, 7) is 4.62. The van der Waals surface area contributed by atoms with Gasteiger partial charge in [-0.1, -0.05) is 17.7 Å². The van der Waals surface area contributed by atoms with Crippen LogP contribution in [0.25, 0.3) is 0 Å². The molecular weight excluding hydrogens is 324 g/mol. The summed E-state index contributed by atoms with van der Waals surface area (Å²) in [5.74, 6) is -0.173. The molecule has 3 rings (SSSR count). The van der Waals surface area contributed by atoms with Crippen molar-refractivity contribution >= 4 is 34.8 Å². The van der Waals surface area contributed by atoms with E-state index in [1.54, 1.807) is 23.1 Å². The molecule has 1 aliphatic heterocycles. The van der Waals surface area contributed by atoms with Gasteiger partial charge in [0, 0.05) is 24.2 Å². The molecule has 1 fully saturated rings. The van der Waals surface area contributed by atoms with E-state index in [0.717, 1.165) is 23.2 Å². The first-order chi connectivity index (χ1) is 11.4. The molecule has 5 heteroatoms. The number of carbonyl (C=O) groups excluding carboxylic acids is 2. The van der Waals surface area contributed by atoms with Gasteiger partial charge in [0.1, 0.15) is 0 Å². The first-order valence-electron chi connectivity index (χ1n) is 7.93. The highest BCUT2D eigenvalue weighted by Crippen LogP contribution is 2.30. The zero-order valence-electron chi connectivity index (χ0n) is 13.7. The summed E-state index contributed by atoms with van der Waals surface area (Å²) in [5.41, 5.74) is 4.02. The quantitative estimate of drug-likeness (QED) is 0.902. The fraction of sp³-hybridized carbons (Fsp3) is 0.263. The highest BCUT2D eigenvalue weighted by atomic mass is 35.5. The maximum atomic E-state index is 12.5. The number of benzene rings is 2. The van der Waals surface area contributed by atoms with E-state index in [-0.39, 0.29) is 11.8 Å². The normalized spacial score (nSPS) is 14.1. The van der Waals surface area contributed by atoms with Crippen molar-refractivity contribution in [3.8, 4) is 0 Å². The van der Waals surface area contributed by atoms with Gasteiger partial charge >= 0.3 is 0 Å². The second-order valence-electron chi connectivity index (χ2n) is 6.15. The van der Waals surface area contributed by atoms with E-state index in [2.05, 4.69) is 11.4 Å².